The topological polar surface area (TPSA) is 66.8 Å². The molecule has 1 aromatic carbocycles. The van der Waals surface area contributed by atoms with Crippen LogP contribution in [0, 0.1) is 17.7 Å². The molecule has 17 heavy (non-hydrogen) atoms. The molecule has 2 aliphatic rings. The molecule has 1 heterocycles. The van der Waals surface area contributed by atoms with Crippen molar-refractivity contribution in [2.75, 3.05) is 0 Å². The Bertz CT molecular complexity index is 589. The predicted octanol–water partition coefficient (Wildman–Crippen LogP) is 0.868. The van der Waals surface area contributed by atoms with Crippen LogP contribution in [0.3, 0.4) is 0 Å². The Hall–Kier alpha value is -2.00. The van der Waals surface area contributed by atoms with Crippen LogP contribution in [-0.2, 0) is 0 Å². The summed E-state index contributed by atoms with van der Waals surface area (Å²) in [5, 5.41) is 18.5. The summed E-state index contributed by atoms with van der Waals surface area (Å²) in [7, 11) is -1.20. The molecule has 4 nitrogen and oxygen atoms in total. The molecule has 0 fully saturated rings. The molecule has 2 N–H and O–H groups in total. The van der Waals surface area contributed by atoms with Crippen LogP contribution in [0.1, 0.15) is 21.8 Å². The molecule has 0 bridgehead atoms. The number of halogens is 1. The van der Waals surface area contributed by atoms with Gasteiger partial charge in [0.05, 0.1) is 11.7 Å². The van der Waals surface area contributed by atoms with Gasteiger partial charge in [-0.3, -0.25) is 0 Å². The minimum atomic E-state index is -1.42. The van der Waals surface area contributed by atoms with Crippen molar-refractivity contribution in [3.05, 3.63) is 29.1 Å². The van der Waals surface area contributed by atoms with Crippen molar-refractivity contribution < 1.29 is 24.0 Å². The summed E-state index contributed by atoms with van der Waals surface area (Å²) < 4.78 is 18.5. The van der Waals surface area contributed by atoms with Gasteiger partial charge in [-0.1, -0.05) is 17.9 Å². The normalized spacial score (nSPS) is 23.5. The molecule has 0 saturated carbocycles. The van der Waals surface area contributed by atoms with Crippen molar-refractivity contribution in [1.29, 1.82) is 0 Å². The Balaban J connectivity index is 2.22. The highest BCUT2D eigenvalue weighted by Gasteiger charge is 2.46. The molecule has 84 valence electrons. The Labute approximate surface area is 96.2 Å². The van der Waals surface area contributed by atoms with E-state index in [9.17, 15) is 14.2 Å². The Morgan fingerprint density at radius 1 is 1.47 bits per heavy atom. The second-order valence-electron chi connectivity index (χ2n) is 3.95. The van der Waals surface area contributed by atoms with Crippen LogP contribution < -0.4 is 4.65 Å². The second kappa shape index (κ2) is 3.25. The third kappa shape index (κ3) is 1.26. The highest BCUT2D eigenvalue weighted by atomic mass is 19.1. The molecule has 1 aliphatic heterocycles. The third-order valence-electron chi connectivity index (χ3n) is 3.00. The number of hydrogen-bond acceptors (Lipinski definition) is 3. The number of aromatic carboxylic acids is 1. The first-order valence-corrected chi connectivity index (χ1v) is 5.01. The van der Waals surface area contributed by atoms with Gasteiger partial charge in [0.2, 0.25) is 0 Å². The van der Waals surface area contributed by atoms with Crippen molar-refractivity contribution in [2.45, 2.75) is 11.7 Å². The average molecular weight is 232 g/mol. The largest absolute Gasteiger partial charge is 0.540 e. The van der Waals surface area contributed by atoms with Gasteiger partial charge in [-0.2, -0.15) is 0 Å². The first-order valence-electron chi connectivity index (χ1n) is 5.01. The van der Waals surface area contributed by atoms with Crippen molar-refractivity contribution in [3.8, 4) is 17.6 Å². The maximum atomic E-state index is 13.4. The molecule has 3 rings (SSSR count). The average Bonchev–Trinajstić information content (AvgIpc) is 2.18. The fourth-order valence-electron chi connectivity index (χ4n) is 2.11. The van der Waals surface area contributed by atoms with Crippen LogP contribution >= 0.6 is 0 Å². The molecular formula is C11H6BFO4. The summed E-state index contributed by atoms with van der Waals surface area (Å²) in [6, 6.07) is 2.54. The predicted molar refractivity (Wildman–Crippen MR) is 56.2 cm³/mol. The number of benzene rings is 1. The van der Waals surface area contributed by atoms with Crippen LogP contribution in [0.5, 0.6) is 5.75 Å². The Morgan fingerprint density at radius 3 is 2.82 bits per heavy atom. The van der Waals surface area contributed by atoms with Gasteiger partial charge in [-0.05, 0) is 6.07 Å². The number of fused-ring (bicyclic) bond motifs is 3. The van der Waals surface area contributed by atoms with Crippen molar-refractivity contribution >= 4 is 13.1 Å². The molecule has 1 aromatic rings. The van der Waals surface area contributed by atoms with E-state index in [4.69, 9.17) is 9.76 Å². The lowest BCUT2D eigenvalue weighted by molar-refractivity contribution is 0.0689. The van der Waals surface area contributed by atoms with Gasteiger partial charge in [-0.15, -0.1) is 0 Å². The number of carboxylic acid groups (broad SMARTS) is 1. The molecule has 0 amide bonds. The van der Waals surface area contributed by atoms with Crippen LogP contribution in [0.4, 0.5) is 4.39 Å². The lowest BCUT2D eigenvalue weighted by Gasteiger charge is -2.34. The minimum absolute atomic E-state index is 0.111. The maximum Gasteiger partial charge on any atom is 0.540 e. The molecule has 6 heteroatoms. The van der Waals surface area contributed by atoms with Crippen LogP contribution in [-0.4, -0.2) is 23.2 Å². The summed E-state index contributed by atoms with van der Waals surface area (Å²) in [5.41, 5.74) is -0.0217. The minimum Gasteiger partial charge on any atom is -0.534 e. The Kier molecular flexibility index (Phi) is 1.94. The van der Waals surface area contributed by atoms with E-state index in [-0.39, 0.29) is 17.5 Å². The van der Waals surface area contributed by atoms with Gasteiger partial charge in [0.15, 0.2) is 0 Å². The number of rotatable bonds is 1. The lowest BCUT2D eigenvalue weighted by atomic mass is 9.57. The first kappa shape index (κ1) is 10.2. The quantitative estimate of drug-likeness (QED) is 0.556. The summed E-state index contributed by atoms with van der Waals surface area (Å²) in [5.74, 6) is 2.52. The zero-order chi connectivity index (χ0) is 12.2. The van der Waals surface area contributed by atoms with Crippen LogP contribution in [0.15, 0.2) is 12.1 Å². The molecule has 0 saturated heterocycles. The second-order valence-corrected chi connectivity index (χ2v) is 3.95. The number of hydrogen-bond donors (Lipinski definition) is 2. The number of carbonyl (C=O) groups is 1. The Morgan fingerprint density at radius 2 is 2.24 bits per heavy atom. The maximum absolute atomic E-state index is 13.4. The fraction of sp³-hybridized carbons (Fsp3) is 0.182. The SMILES string of the molecule is O=C(O)c1c(F)ccc2c1OB(O)[C@@H]1C#C[C@H]21. The summed E-state index contributed by atoms with van der Waals surface area (Å²) in [6.45, 7) is 0. The molecule has 1 aliphatic carbocycles. The molecule has 0 spiro atoms. The first-order chi connectivity index (χ1) is 8.09. The smallest absolute Gasteiger partial charge is 0.534 e. The molecule has 0 unspecified atom stereocenters. The van der Waals surface area contributed by atoms with Gasteiger partial charge in [-0.25, -0.2) is 9.18 Å². The third-order valence-corrected chi connectivity index (χ3v) is 3.00. The van der Waals surface area contributed by atoms with E-state index in [0.29, 0.717) is 5.56 Å². The van der Waals surface area contributed by atoms with Crippen molar-refractivity contribution in [1.82, 2.24) is 0 Å². The van der Waals surface area contributed by atoms with Crippen molar-refractivity contribution in [2.24, 2.45) is 0 Å². The molecule has 2 atom stereocenters. The molecule has 0 radical (unpaired) electrons. The van der Waals surface area contributed by atoms with Gasteiger partial charge >= 0.3 is 13.1 Å². The fourth-order valence-corrected chi connectivity index (χ4v) is 2.11. The van der Waals surface area contributed by atoms with Gasteiger partial charge in [0.1, 0.15) is 17.1 Å². The van der Waals surface area contributed by atoms with E-state index in [2.05, 4.69) is 11.8 Å². The van der Waals surface area contributed by atoms with E-state index < -0.39 is 24.5 Å². The van der Waals surface area contributed by atoms with E-state index >= 15 is 0 Å². The summed E-state index contributed by atoms with van der Waals surface area (Å²) >= 11 is 0. The molecular weight excluding hydrogens is 226 g/mol. The van der Waals surface area contributed by atoms with Crippen molar-refractivity contribution in [3.63, 3.8) is 0 Å². The monoisotopic (exact) mass is 232 g/mol. The highest BCUT2D eigenvalue weighted by Crippen LogP contribution is 2.46. The van der Waals surface area contributed by atoms with E-state index in [0.717, 1.165) is 6.07 Å². The zero-order valence-electron chi connectivity index (χ0n) is 8.48. The molecule has 0 aromatic heterocycles. The van der Waals surface area contributed by atoms with Crippen LogP contribution in [0.2, 0.25) is 5.82 Å². The summed E-state index contributed by atoms with van der Waals surface area (Å²) in [6.07, 6.45) is 0. The van der Waals surface area contributed by atoms with Gasteiger partial charge in [0, 0.05) is 5.56 Å². The zero-order valence-corrected chi connectivity index (χ0v) is 8.48. The van der Waals surface area contributed by atoms with E-state index in [1.54, 1.807) is 0 Å². The van der Waals surface area contributed by atoms with Crippen LogP contribution in [0.25, 0.3) is 0 Å². The van der Waals surface area contributed by atoms with E-state index in [1.807, 2.05) is 0 Å². The lowest BCUT2D eigenvalue weighted by Crippen LogP contribution is -2.39. The van der Waals surface area contributed by atoms with Gasteiger partial charge < -0.3 is 14.8 Å². The number of carboxylic acids is 1. The van der Waals surface area contributed by atoms with Gasteiger partial charge in [0.25, 0.3) is 0 Å². The standard InChI is InChI=1S/C11H6BFO4/c13-8-4-2-6-5-1-3-7(5)12(16)17-10(6)9(8)11(14)15/h2,4-5,7,16H,(H,14,15)/t5-,7-/m1/s1. The highest BCUT2D eigenvalue weighted by molar-refractivity contribution is 6.48. The van der Waals surface area contributed by atoms with E-state index in [1.165, 1.54) is 6.07 Å². The summed E-state index contributed by atoms with van der Waals surface area (Å²) in [4.78, 5) is 11.0.